The molecule has 1 heterocycles. The second kappa shape index (κ2) is 9.19. The van der Waals surface area contributed by atoms with Gasteiger partial charge < -0.3 is 5.32 Å². The van der Waals surface area contributed by atoms with E-state index in [1.54, 1.807) is 11.8 Å². The highest BCUT2D eigenvalue weighted by Gasteiger charge is 2.19. The molecule has 0 radical (unpaired) electrons. The molecule has 1 aliphatic rings. The number of hydrogen-bond acceptors (Lipinski definition) is 3. The van der Waals surface area contributed by atoms with E-state index in [-0.39, 0.29) is 5.91 Å². The Bertz CT molecular complexity index is 1030. The lowest BCUT2D eigenvalue weighted by Gasteiger charge is -2.20. The molecule has 0 spiro atoms. The minimum atomic E-state index is 0.0746. The molecule has 3 aromatic rings. The number of thioether (sulfide) groups is 1. The van der Waals surface area contributed by atoms with E-state index in [1.165, 1.54) is 40.1 Å². The van der Waals surface area contributed by atoms with Crippen LogP contribution in [0.4, 0.5) is 0 Å². The van der Waals surface area contributed by atoms with Crippen LogP contribution < -0.4 is 5.32 Å². The smallest absolute Gasteiger partial charge is 0.230 e. The van der Waals surface area contributed by atoms with Crippen molar-refractivity contribution in [1.29, 1.82) is 0 Å². The lowest BCUT2D eigenvalue weighted by Crippen LogP contribution is -2.27. The van der Waals surface area contributed by atoms with Crippen LogP contribution in [0.2, 0.25) is 5.02 Å². The van der Waals surface area contributed by atoms with Crippen LogP contribution in [0.15, 0.2) is 47.4 Å². The number of carbonyl (C=O) groups excluding carboxylic acids is 1. The van der Waals surface area contributed by atoms with Gasteiger partial charge >= 0.3 is 0 Å². The average Bonchev–Trinajstić information content (AvgIpc) is 2.72. The maximum atomic E-state index is 12.5. The number of halogens is 1. The van der Waals surface area contributed by atoms with Crippen LogP contribution in [0.25, 0.3) is 10.9 Å². The van der Waals surface area contributed by atoms with Gasteiger partial charge in [-0.25, -0.2) is 0 Å². The molecule has 1 aromatic heterocycles. The number of aryl methyl sites for hydroxylation is 2. The summed E-state index contributed by atoms with van der Waals surface area (Å²) < 4.78 is 0. The van der Waals surface area contributed by atoms with E-state index in [1.807, 2.05) is 18.2 Å². The minimum absolute atomic E-state index is 0.0746. The standard InChI is InChI=1S/C24H25ClN2OS/c1-16-6-8-17(9-7-16)12-13-26-23(28)15-29-24-19-4-2-3-5-21(19)27-22-14-18(25)10-11-20(22)24/h6-11,14H,2-5,12-13,15H2,1H3,(H,26,28). The van der Waals surface area contributed by atoms with Crippen molar-refractivity contribution in [3.05, 3.63) is 69.9 Å². The number of nitrogens with one attached hydrogen (secondary N) is 1. The van der Waals surface area contributed by atoms with Crippen LogP contribution in [0, 0.1) is 6.92 Å². The zero-order valence-corrected chi connectivity index (χ0v) is 18.2. The first kappa shape index (κ1) is 20.2. The predicted molar refractivity (Wildman–Crippen MR) is 122 cm³/mol. The first-order valence-electron chi connectivity index (χ1n) is 10.2. The van der Waals surface area contributed by atoms with Crippen LogP contribution in [0.1, 0.15) is 35.2 Å². The fourth-order valence-electron chi connectivity index (χ4n) is 3.81. The summed E-state index contributed by atoms with van der Waals surface area (Å²) in [6.07, 6.45) is 5.26. The van der Waals surface area contributed by atoms with Crippen LogP contribution in [0.3, 0.4) is 0 Å². The average molecular weight is 425 g/mol. The number of amides is 1. The molecule has 1 N–H and O–H groups in total. The molecule has 2 aromatic carbocycles. The predicted octanol–water partition coefficient (Wildman–Crippen LogP) is 5.53. The highest BCUT2D eigenvalue weighted by atomic mass is 35.5. The molecular weight excluding hydrogens is 400 g/mol. The molecule has 0 bridgehead atoms. The summed E-state index contributed by atoms with van der Waals surface area (Å²) in [5.74, 6) is 0.493. The number of hydrogen-bond donors (Lipinski definition) is 1. The second-order valence-electron chi connectivity index (χ2n) is 7.61. The Morgan fingerprint density at radius 1 is 1.14 bits per heavy atom. The van der Waals surface area contributed by atoms with Gasteiger partial charge in [0, 0.05) is 27.5 Å². The van der Waals surface area contributed by atoms with Crippen molar-refractivity contribution in [1.82, 2.24) is 10.3 Å². The van der Waals surface area contributed by atoms with Gasteiger partial charge in [0.05, 0.1) is 11.3 Å². The van der Waals surface area contributed by atoms with Gasteiger partial charge in [-0.15, -0.1) is 11.8 Å². The normalized spacial score (nSPS) is 13.3. The lowest BCUT2D eigenvalue weighted by atomic mass is 9.94. The molecule has 0 saturated heterocycles. The van der Waals surface area contributed by atoms with Crippen molar-refractivity contribution in [3.8, 4) is 0 Å². The van der Waals surface area contributed by atoms with Crippen molar-refractivity contribution >= 4 is 40.2 Å². The zero-order valence-electron chi connectivity index (χ0n) is 16.6. The molecule has 150 valence electrons. The maximum absolute atomic E-state index is 12.5. The first-order chi connectivity index (χ1) is 14.1. The van der Waals surface area contributed by atoms with Gasteiger partial charge in [0.25, 0.3) is 0 Å². The molecular formula is C24H25ClN2OS. The van der Waals surface area contributed by atoms with Gasteiger partial charge in [0.2, 0.25) is 5.91 Å². The molecule has 1 amide bonds. The number of rotatable bonds is 6. The Kier molecular flexibility index (Phi) is 6.41. The summed E-state index contributed by atoms with van der Waals surface area (Å²) in [5.41, 5.74) is 5.93. The number of aromatic nitrogens is 1. The van der Waals surface area contributed by atoms with E-state index in [4.69, 9.17) is 16.6 Å². The molecule has 0 saturated carbocycles. The Balaban J connectivity index is 1.43. The topological polar surface area (TPSA) is 42.0 Å². The number of pyridine rings is 1. The van der Waals surface area contributed by atoms with E-state index in [9.17, 15) is 4.79 Å². The molecule has 0 unspecified atom stereocenters. The van der Waals surface area contributed by atoms with Crippen molar-refractivity contribution < 1.29 is 4.79 Å². The number of benzene rings is 2. The third-order valence-electron chi connectivity index (χ3n) is 5.38. The third kappa shape index (κ3) is 4.93. The zero-order chi connectivity index (χ0) is 20.2. The van der Waals surface area contributed by atoms with Gasteiger partial charge in [-0.05, 0) is 62.3 Å². The summed E-state index contributed by atoms with van der Waals surface area (Å²) in [6.45, 7) is 2.74. The lowest BCUT2D eigenvalue weighted by molar-refractivity contribution is -0.118. The van der Waals surface area contributed by atoms with Crippen molar-refractivity contribution in [2.45, 2.75) is 43.9 Å². The highest BCUT2D eigenvalue weighted by Crippen LogP contribution is 2.36. The van der Waals surface area contributed by atoms with Gasteiger partial charge in [-0.3, -0.25) is 9.78 Å². The minimum Gasteiger partial charge on any atom is -0.355 e. The number of fused-ring (bicyclic) bond motifs is 2. The molecule has 0 aliphatic heterocycles. The van der Waals surface area contributed by atoms with E-state index in [2.05, 4.69) is 36.5 Å². The Labute approximate surface area is 181 Å². The van der Waals surface area contributed by atoms with E-state index in [0.29, 0.717) is 17.3 Å². The summed E-state index contributed by atoms with van der Waals surface area (Å²) >= 11 is 7.82. The van der Waals surface area contributed by atoms with Gasteiger partial charge in [0.15, 0.2) is 0 Å². The molecule has 29 heavy (non-hydrogen) atoms. The fourth-order valence-corrected chi connectivity index (χ4v) is 5.08. The van der Waals surface area contributed by atoms with Crippen molar-refractivity contribution in [3.63, 3.8) is 0 Å². The quantitative estimate of drug-likeness (QED) is 0.529. The Morgan fingerprint density at radius 2 is 1.93 bits per heavy atom. The molecule has 3 nitrogen and oxygen atoms in total. The van der Waals surface area contributed by atoms with Crippen LogP contribution in [-0.2, 0) is 24.1 Å². The molecule has 0 atom stereocenters. The molecule has 0 fully saturated rings. The second-order valence-corrected chi connectivity index (χ2v) is 9.03. The summed E-state index contributed by atoms with van der Waals surface area (Å²) in [4.78, 5) is 18.5. The van der Waals surface area contributed by atoms with E-state index >= 15 is 0 Å². The Morgan fingerprint density at radius 3 is 2.76 bits per heavy atom. The fraction of sp³-hybridized carbons (Fsp3) is 0.333. The summed E-state index contributed by atoms with van der Waals surface area (Å²) in [7, 11) is 0. The molecule has 4 rings (SSSR count). The molecule has 1 aliphatic carbocycles. The number of nitrogens with zero attached hydrogens (tertiary/aromatic N) is 1. The van der Waals surface area contributed by atoms with Crippen LogP contribution in [-0.4, -0.2) is 23.2 Å². The summed E-state index contributed by atoms with van der Waals surface area (Å²) in [6, 6.07) is 14.3. The van der Waals surface area contributed by atoms with Crippen LogP contribution >= 0.6 is 23.4 Å². The monoisotopic (exact) mass is 424 g/mol. The van der Waals surface area contributed by atoms with Gasteiger partial charge in [-0.1, -0.05) is 47.5 Å². The van der Waals surface area contributed by atoms with E-state index in [0.717, 1.165) is 30.2 Å². The third-order valence-corrected chi connectivity index (χ3v) is 6.77. The van der Waals surface area contributed by atoms with Crippen molar-refractivity contribution in [2.24, 2.45) is 0 Å². The van der Waals surface area contributed by atoms with Gasteiger partial charge in [-0.2, -0.15) is 0 Å². The van der Waals surface area contributed by atoms with Gasteiger partial charge in [0.1, 0.15) is 0 Å². The maximum Gasteiger partial charge on any atom is 0.230 e. The van der Waals surface area contributed by atoms with E-state index < -0.39 is 0 Å². The number of carbonyl (C=O) groups is 1. The SMILES string of the molecule is Cc1ccc(CCNC(=O)CSc2c3c(nc4cc(Cl)ccc24)CCCC3)cc1. The highest BCUT2D eigenvalue weighted by molar-refractivity contribution is 8.00. The Hall–Kier alpha value is -2.04. The largest absolute Gasteiger partial charge is 0.355 e. The van der Waals surface area contributed by atoms with Crippen molar-refractivity contribution in [2.75, 3.05) is 12.3 Å². The summed E-state index contributed by atoms with van der Waals surface area (Å²) in [5, 5.41) is 4.86. The molecule has 5 heteroatoms. The van der Waals surface area contributed by atoms with Crippen LogP contribution in [0.5, 0.6) is 0 Å². The first-order valence-corrected chi connectivity index (χ1v) is 11.5.